The lowest BCUT2D eigenvalue weighted by Gasteiger charge is -2.15. The van der Waals surface area contributed by atoms with E-state index < -0.39 is 11.7 Å². The van der Waals surface area contributed by atoms with E-state index in [1.54, 1.807) is 43.7 Å². The van der Waals surface area contributed by atoms with Crippen molar-refractivity contribution in [3.8, 4) is 5.75 Å². The molecule has 0 unspecified atom stereocenters. The molecular weight excluding hydrogens is 501 g/mol. The quantitative estimate of drug-likeness (QED) is 0.224. The van der Waals surface area contributed by atoms with Crippen LogP contribution < -0.4 is 9.64 Å². The van der Waals surface area contributed by atoms with Crippen molar-refractivity contribution in [1.29, 1.82) is 0 Å². The number of hydrogen-bond acceptors (Lipinski definition) is 5. The number of carbonyl (C=O) groups excluding carboxylic acids is 1. The van der Waals surface area contributed by atoms with Crippen molar-refractivity contribution in [2.45, 2.75) is 12.7 Å². The number of amides is 1. The number of nitrogens with zero attached hydrogens (tertiary/aromatic N) is 4. The van der Waals surface area contributed by atoms with Crippen LogP contribution in [0.1, 0.15) is 16.7 Å². The summed E-state index contributed by atoms with van der Waals surface area (Å²) in [5.74, 6) is 0.847. The molecule has 1 aromatic heterocycles. The third-order valence-corrected chi connectivity index (χ3v) is 6.78. The summed E-state index contributed by atoms with van der Waals surface area (Å²) in [6.07, 6.45) is -0.971. The van der Waals surface area contributed by atoms with Crippen molar-refractivity contribution < 1.29 is 22.7 Å². The fourth-order valence-corrected chi connectivity index (χ4v) is 4.94. The number of fused-ring (bicyclic) bond motifs is 1. The van der Waals surface area contributed by atoms with Gasteiger partial charge in [0.1, 0.15) is 5.75 Å². The minimum atomic E-state index is -4.40. The van der Waals surface area contributed by atoms with E-state index in [0.717, 1.165) is 28.6 Å². The molecule has 0 spiro atoms. The molecule has 188 valence electrons. The van der Waals surface area contributed by atoms with Gasteiger partial charge in [0.05, 0.1) is 30.3 Å². The van der Waals surface area contributed by atoms with Crippen LogP contribution in [0.25, 0.3) is 10.9 Å². The summed E-state index contributed by atoms with van der Waals surface area (Å²) in [5, 5.41) is 9.89. The highest BCUT2D eigenvalue weighted by molar-refractivity contribution is 8.15. The van der Waals surface area contributed by atoms with E-state index in [9.17, 15) is 18.0 Å². The summed E-state index contributed by atoms with van der Waals surface area (Å²) in [6, 6.07) is 20.0. The maximum atomic E-state index is 13.2. The average Bonchev–Trinajstić information content (AvgIpc) is 3.44. The molecule has 3 aromatic carbocycles. The van der Waals surface area contributed by atoms with Gasteiger partial charge in [0.2, 0.25) is 5.91 Å². The molecule has 0 aliphatic carbocycles. The number of methoxy groups -OCH3 is 1. The Morgan fingerprint density at radius 1 is 1.05 bits per heavy atom. The molecule has 37 heavy (non-hydrogen) atoms. The smallest absolute Gasteiger partial charge is 0.416 e. The van der Waals surface area contributed by atoms with Crippen LogP contribution in [0.2, 0.25) is 0 Å². The van der Waals surface area contributed by atoms with Crippen LogP contribution in [-0.2, 0) is 17.5 Å². The topological polar surface area (TPSA) is 59.2 Å². The second-order valence-corrected chi connectivity index (χ2v) is 9.21. The molecule has 5 rings (SSSR count). The van der Waals surface area contributed by atoms with Gasteiger partial charge in [-0.15, -0.1) is 5.10 Å². The summed E-state index contributed by atoms with van der Waals surface area (Å²) >= 11 is 1.30. The number of alkyl halides is 3. The zero-order valence-electron chi connectivity index (χ0n) is 19.6. The number of rotatable bonds is 6. The molecule has 1 aliphatic heterocycles. The number of aromatic nitrogens is 1. The number of carbonyl (C=O) groups is 1. The number of benzene rings is 3. The van der Waals surface area contributed by atoms with Gasteiger partial charge in [0.15, 0.2) is 5.17 Å². The van der Waals surface area contributed by atoms with Gasteiger partial charge in [-0.05, 0) is 48.0 Å². The van der Waals surface area contributed by atoms with Gasteiger partial charge < -0.3 is 9.30 Å². The molecular formula is C27H21F3N4O2S. The number of halogens is 3. The Labute approximate surface area is 215 Å². The normalized spacial score (nSPS) is 15.4. The average molecular weight is 523 g/mol. The van der Waals surface area contributed by atoms with Crippen molar-refractivity contribution in [2.75, 3.05) is 17.8 Å². The van der Waals surface area contributed by atoms with Crippen molar-refractivity contribution in [3.63, 3.8) is 0 Å². The largest absolute Gasteiger partial charge is 0.497 e. The Morgan fingerprint density at radius 2 is 1.84 bits per heavy atom. The van der Waals surface area contributed by atoms with Gasteiger partial charge >= 0.3 is 6.18 Å². The van der Waals surface area contributed by atoms with Gasteiger partial charge in [0.25, 0.3) is 0 Å². The third-order valence-electron chi connectivity index (χ3n) is 5.86. The fourth-order valence-electron chi connectivity index (χ4n) is 4.11. The van der Waals surface area contributed by atoms with Crippen LogP contribution in [0.5, 0.6) is 5.75 Å². The maximum absolute atomic E-state index is 13.2. The first-order valence-electron chi connectivity index (χ1n) is 11.3. The number of hydrogen-bond donors (Lipinski definition) is 0. The molecule has 2 heterocycles. The van der Waals surface area contributed by atoms with Gasteiger partial charge in [0, 0.05) is 29.2 Å². The standard InChI is InChI=1S/C27H21F3N4O2S/c1-36-22-11-9-21(10-12-22)34-25(35)17-37-26(34)32-31-14-19-16-33(24-8-3-2-7-23(19)24)15-18-5-4-6-20(13-18)27(28,29)30/h2-14,16H,15,17H2,1H3. The van der Waals surface area contributed by atoms with Crippen LogP contribution in [-0.4, -0.2) is 34.7 Å². The lowest BCUT2D eigenvalue weighted by atomic mass is 10.1. The van der Waals surface area contributed by atoms with Crippen LogP contribution in [0.3, 0.4) is 0 Å². The van der Waals surface area contributed by atoms with E-state index in [2.05, 4.69) is 10.2 Å². The number of thioether (sulfide) groups is 1. The Morgan fingerprint density at radius 3 is 2.59 bits per heavy atom. The molecule has 0 bridgehead atoms. The second-order valence-electron chi connectivity index (χ2n) is 8.27. The van der Waals surface area contributed by atoms with E-state index in [-0.39, 0.29) is 18.2 Å². The maximum Gasteiger partial charge on any atom is 0.416 e. The molecule has 1 amide bonds. The SMILES string of the molecule is COc1ccc(N2C(=O)CSC2=NN=Cc2cn(Cc3cccc(C(F)(F)F)c3)c3ccccc23)cc1. The summed E-state index contributed by atoms with van der Waals surface area (Å²) in [4.78, 5) is 14.0. The van der Waals surface area contributed by atoms with Gasteiger partial charge in [-0.3, -0.25) is 9.69 Å². The number of para-hydroxylation sites is 1. The minimum Gasteiger partial charge on any atom is -0.497 e. The molecule has 0 saturated carbocycles. The third kappa shape index (κ3) is 5.24. The lowest BCUT2D eigenvalue weighted by molar-refractivity contribution is -0.137. The molecule has 1 saturated heterocycles. The van der Waals surface area contributed by atoms with Gasteiger partial charge in [-0.2, -0.15) is 18.3 Å². The highest BCUT2D eigenvalue weighted by Gasteiger charge is 2.31. The lowest BCUT2D eigenvalue weighted by Crippen LogP contribution is -2.28. The van der Waals surface area contributed by atoms with Crippen LogP contribution in [0.15, 0.2) is 89.2 Å². The molecule has 0 N–H and O–H groups in total. The molecule has 4 aromatic rings. The number of ether oxygens (including phenoxy) is 1. The zero-order valence-corrected chi connectivity index (χ0v) is 20.5. The van der Waals surface area contributed by atoms with Crippen molar-refractivity contribution in [3.05, 3.63) is 95.7 Å². The van der Waals surface area contributed by atoms with Crippen LogP contribution in [0, 0.1) is 0 Å². The molecule has 10 heteroatoms. The molecule has 1 aliphatic rings. The van der Waals surface area contributed by atoms with E-state index in [4.69, 9.17) is 4.74 Å². The van der Waals surface area contributed by atoms with Crippen molar-refractivity contribution >= 4 is 45.6 Å². The van der Waals surface area contributed by atoms with Gasteiger partial charge in [-0.25, -0.2) is 0 Å². The highest BCUT2D eigenvalue weighted by atomic mass is 32.2. The van der Waals surface area contributed by atoms with Crippen molar-refractivity contribution in [2.24, 2.45) is 10.2 Å². The minimum absolute atomic E-state index is 0.0955. The van der Waals surface area contributed by atoms with E-state index in [1.807, 2.05) is 35.0 Å². The zero-order chi connectivity index (χ0) is 26.0. The first-order chi connectivity index (χ1) is 17.8. The summed E-state index contributed by atoms with van der Waals surface area (Å²) in [5.41, 5.74) is 2.15. The van der Waals surface area contributed by atoms with Gasteiger partial charge in [-0.1, -0.05) is 42.1 Å². The van der Waals surface area contributed by atoms with Crippen LogP contribution >= 0.6 is 11.8 Å². The number of amidine groups is 1. The Kier molecular flexibility index (Phi) is 6.75. The van der Waals surface area contributed by atoms with E-state index in [0.29, 0.717) is 22.2 Å². The number of anilines is 1. The van der Waals surface area contributed by atoms with Crippen LogP contribution in [0.4, 0.5) is 18.9 Å². The first kappa shape index (κ1) is 24.6. The van der Waals surface area contributed by atoms with E-state index in [1.165, 1.54) is 22.7 Å². The summed E-state index contributed by atoms with van der Waals surface area (Å²) < 4.78 is 46.5. The predicted molar refractivity (Wildman–Crippen MR) is 140 cm³/mol. The summed E-state index contributed by atoms with van der Waals surface area (Å²) in [6.45, 7) is 0.266. The van der Waals surface area contributed by atoms with Crippen molar-refractivity contribution in [1.82, 2.24) is 4.57 Å². The molecule has 6 nitrogen and oxygen atoms in total. The monoisotopic (exact) mass is 522 g/mol. The fraction of sp³-hybridized carbons (Fsp3) is 0.148. The second kappa shape index (κ2) is 10.1. The Bertz CT molecular complexity index is 1510. The molecule has 0 radical (unpaired) electrons. The highest BCUT2D eigenvalue weighted by Crippen LogP contribution is 2.31. The molecule has 0 atom stereocenters. The first-order valence-corrected chi connectivity index (χ1v) is 12.3. The molecule has 1 fully saturated rings. The Balaban J connectivity index is 1.42. The Hall–Kier alpha value is -4.05. The van der Waals surface area contributed by atoms with E-state index >= 15 is 0 Å². The predicted octanol–water partition coefficient (Wildman–Crippen LogP) is 6.19. The summed E-state index contributed by atoms with van der Waals surface area (Å²) in [7, 11) is 1.57.